The Morgan fingerprint density at radius 2 is 1.35 bits per heavy atom. The van der Waals surface area contributed by atoms with Crippen LogP contribution in [-0.2, 0) is 10.4 Å². The van der Waals surface area contributed by atoms with Crippen molar-refractivity contribution < 1.29 is 46.1 Å². The minimum atomic E-state index is -6.15. The second-order valence-corrected chi connectivity index (χ2v) is 10.1. The molecule has 0 aliphatic carbocycles. The SMILES string of the molecule is CC(C)(C)CC(C)(C(=O)Oc1ccc(C(O)(C(F)(F)F)C(F)(F)F)c(O)c1)C(C)(C)C. The van der Waals surface area contributed by atoms with Crippen LogP contribution in [-0.4, -0.2) is 28.5 Å². The first-order valence-corrected chi connectivity index (χ1v) is 9.39. The number of benzene rings is 1. The van der Waals surface area contributed by atoms with E-state index >= 15 is 0 Å². The highest BCUT2D eigenvalue weighted by Gasteiger charge is 2.72. The number of carbonyl (C=O) groups excluding carboxylic acids is 1. The van der Waals surface area contributed by atoms with Crippen molar-refractivity contribution in [1.82, 2.24) is 0 Å². The monoisotopic (exact) mass is 458 g/mol. The van der Waals surface area contributed by atoms with E-state index in [1.165, 1.54) is 0 Å². The largest absolute Gasteiger partial charge is 0.507 e. The van der Waals surface area contributed by atoms with Crippen molar-refractivity contribution in [3.8, 4) is 11.5 Å². The number of aromatic hydroxyl groups is 1. The molecular weight excluding hydrogens is 430 g/mol. The number of phenolic OH excluding ortho intramolecular Hbond substituents is 1. The van der Waals surface area contributed by atoms with E-state index in [0.29, 0.717) is 18.6 Å². The van der Waals surface area contributed by atoms with Crippen molar-refractivity contribution >= 4 is 5.97 Å². The van der Waals surface area contributed by atoms with E-state index in [9.17, 15) is 41.4 Å². The summed E-state index contributed by atoms with van der Waals surface area (Å²) in [5, 5.41) is 19.3. The van der Waals surface area contributed by atoms with Crippen molar-refractivity contribution in [3.05, 3.63) is 23.8 Å². The van der Waals surface area contributed by atoms with Crippen molar-refractivity contribution in [1.29, 1.82) is 0 Å². The molecule has 1 rings (SSSR count). The lowest BCUT2D eigenvalue weighted by Crippen LogP contribution is -2.53. The van der Waals surface area contributed by atoms with Crippen molar-refractivity contribution in [2.24, 2.45) is 16.2 Å². The van der Waals surface area contributed by atoms with Crippen molar-refractivity contribution in [3.63, 3.8) is 0 Å². The molecule has 0 saturated carbocycles. The molecule has 0 spiro atoms. The number of phenols is 1. The zero-order valence-corrected chi connectivity index (χ0v) is 18.4. The number of carbonyl (C=O) groups is 1. The first-order valence-electron chi connectivity index (χ1n) is 9.39. The van der Waals surface area contributed by atoms with E-state index in [4.69, 9.17) is 4.74 Å². The Morgan fingerprint density at radius 3 is 1.68 bits per heavy atom. The van der Waals surface area contributed by atoms with Crippen LogP contribution < -0.4 is 4.74 Å². The molecule has 0 bridgehead atoms. The van der Waals surface area contributed by atoms with Gasteiger partial charge in [-0.1, -0.05) is 41.5 Å². The summed E-state index contributed by atoms with van der Waals surface area (Å²) in [6, 6.07) is 1.34. The number of hydrogen-bond acceptors (Lipinski definition) is 4. The van der Waals surface area contributed by atoms with Gasteiger partial charge < -0.3 is 14.9 Å². The summed E-state index contributed by atoms with van der Waals surface area (Å²) in [6.07, 6.45) is -11.9. The van der Waals surface area contributed by atoms with Gasteiger partial charge in [0.1, 0.15) is 11.5 Å². The molecule has 0 aliphatic rings. The molecule has 0 aliphatic heterocycles. The highest BCUT2D eigenvalue weighted by molar-refractivity contribution is 5.80. The maximum absolute atomic E-state index is 13.1. The van der Waals surface area contributed by atoms with Crippen LogP contribution in [0.1, 0.15) is 60.5 Å². The second-order valence-electron chi connectivity index (χ2n) is 10.1. The molecule has 1 unspecified atom stereocenters. The topological polar surface area (TPSA) is 66.8 Å². The predicted octanol–water partition coefficient (Wildman–Crippen LogP) is 6.10. The van der Waals surface area contributed by atoms with E-state index in [2.05, 4.69) is 0 Å². The van der Waals surface area contributed by atoms with Gasteiger partial charge in [0, 0.05) is 11.6 Å². The molecule has 0 fully saturated rings. The number of halogens is 6. The van der Waals surface area contributed by atoms with E-state index in [0.717, 1.165) is 0 Å². The summed E-state index contributed by atoms with van der Waals surface area (Å²) in [7, 11) is 0. The number of aliphatic hydroxyl groups is 1. The number of ether oxygens (including phenoxy) is 1. The fraction of sp³-hybridized carbons (Fsp3) is 0.667. The molecule has 31 heavy (non-hydrogen) atoms. The van der Waals surface area contributed by atoms with Gasteiger partial charge in [-0.05, 0) is 36.3 Å². The third-order valence-electron chi connectivity index (χ3n) is 5.38. The average molecular weight is 458 g/mol. The molecular formula is C21H28F6O4. The van der Waals surface area contributed by atoms with Gasteiger partial charge in [0.25, 0.3) is 5.60 Å². The van der Waals surface area contributed by atoms with E-state index in [1.54, 1.807) is 27.7 Å². The lowest BCUT2D eigenvalue weighted by atomic mass is 9.61. The Morgan fingerprint density at radius 1 is 0.903 bits per heavy atom. The lowest BCUT2D eigenvalue weighted by Gasteiger charge is -2.43. The Labute approximate surface area is 177 Å². The Hall–Kier alpha value is -1.97. The maximum Gasteiger partial charge on any atom is 0.430 e. The second kappa shape index (κ2) is 7.86. The van der Waals surface area contributed by atoms with Gasteiger partial charge in [0.2, 0.25) is 0 Å². The number of esters is 1. The van der Waals surface area contributed by atoms with Gasteiger partial charge in [0.15, 0.2) is 0 Å². The number of rotatable bonds is 4. The van der Waals surface area contributed by atoms with Crippen molar-refractivity contribution in [2.75, 3.05) is 0 Å². The summed E-state index contributed by atoms with van der Waals surface area (Å²) >= 11 is 0. The number of alkyl halides is 6. The minimum absolute atomic E-state index is 0.233. The summed E-state index contributed by atoms with van der Waals surface area (Å²) in [5.74, 6) is -2.73. The summed E-state index contributed by atoms with van der Waals surface area (Å²) < 4.78 is 83.6. The first-order chi connectivity index (χ1) is 13.5. The smallest absolute Gasteiger partial charge is 0.430 e. The van der Waals surface area contributed by atoms with Gasteiger partial charge in [-0.2, -0.15) is 26.3 Å². The molecule has 0 radical (unpaired) electrons. The molecule has 0 saturated heterocycles. The van der Waals surface area contributed by atoms with Gasteiger partial charge in [-0.25, -0.2) is 0 Å². The van der Waals surface area contributed by atoms with Crippen LogP contribution in [0.3, 0.4) is 0 Å². The van der Waals surface area contributed by atoms with Gasteiger partial charge in [0.05, 0.1) is 5.41 Å². The van der Waals surface area contributed by atoms with Crippen LogP contribution in [0.15, 0.2) is 18.2 Å². The standard InChI is InChI=1S/C21H28F6O4/c1-16(2,3)11-18(7,17(4,5)6)15(29)31-12-8-9-13(14(28)10-12)19(30,20(22,23)24)21(25,26)27/h8-10,28,30H,11H2,1-7H3. The van der Waals surface area contributed by atoms with Crippen LogP contribution in [0.4, 0.5) is 26.3 Å². The van der Waals surface area contributed by atoms with E-state index in [-0.39, 0.29) is 11.5 Å². The Bertz CT molecular complexity index is 801. The highest BCUT2D eigenvalue weighted by atomic mass is 19.4. The quantitative estimate of drug-likeness (QED) is 0.325. The van der Waals surface area contributed by atoms with Crippen molar-refractivity contribution in [2.45, 2.75) is 72.8 Å². The number of hydrogen-bond donors (Lipinski definition) is 2. The van der Waals surface area contributed by atoms with Crippen LogP contribution in [0, 0.1) is 16.2 Å². The fourth-order valence-corrected chi connectivity index (χ4v) is 3.27. The molecule has 4 nitrogen and oxygen atoms in total. The molecule has 1 atom stereocenters. The normalized spacial score (nSPS) is 16.1. The molecule has 10 heteroatoms. The zero-order chi connectivity index (χ0) is 24.8. The molecule has 1 aromatic rings. The predicted molar refractivity (Wildman–Crippen MR) is 101 cm³/mol. The highest BCUT2D eigenvalue weighted by Crippen LogP contribution is 2.53. The third-order valence-corrected chi connectivity index (χ3v) is 5.38. The molecule has 0 amide bonds. The van der Waals surface area contributed by atoms with Crippen LogP contribution in [0.25, 0.3) is 0 Å². The summed E-state index contributed by atoms with van der Waals surface area (Å²) in [5.41, 5.74) is -9.09. The lowest BCUT2D eigenvalue weighted by molar-refractivity contribution is -0.376. The third kappa shape index (κ3) is 5.27. The minimum Gasteiger partial charge on any atom is -0.507 e. The Balaban J connectivity index is 3.41. The van der Waals surface area contributed by atoms with E-state index in [1.807, 2.05) is 20.8 Å². The van der Waals surface area contributed by atoms with Crippen LogP contribution in [0.5, 0.6) is 11.5 Å². The van der Waals surface area contributed by atoms with Gasteiger partial charge in [-0.15, -0.1) is 0 Å². The molecule has 1 aromatic carbocycles. The fourth-order valence-electron chi connectivity index (χ4n) is 3.27. The van der Waals surface area contributed by atoms with Gasteiger partial charge in [-0.3, -0.25) is 4.79 Å². The van der Waals surface area contributed by atoms with Gasteiger partial charge >= 0.3 is 18.3 Å². The maximum atomic E-state index is 13.1. The molecule has 0 aromatic heterocycles. The summed E-state index contributed by atoms with van der Waals surface area (Å²) in [4.78, 5) is 13.0. The van der Waals surface area contributed by atoms with Crippen LogP contribution in [0.2, 0.25) is 0 Å². The zero-order valence-electron chi connectivity index (χ0n) is 18.4. The Kier molecular flexibility index (Phi) is 6.87. The molecule has 2 N–H and O–H groups in total. The summed E-state index contributed by atoms with van der Waals surface area (Å²) in [6.45, 7) is 12.8. The first kappa shape index (κ1) is 27.1. The molecule has 178 valence electrons. The average Bonchev–Trinajstić information content (AvgIpc) is 2.49. The van der Waals surface area contributed by atoms with Crippen LogP contribution >= 0.6 is 0 Å². The van der Waals surface area contributed by atoms with E-state index < -0.39 is 51.8 Å². The molecule has 0 heterocycles.